The number of hydrogen-bond acceptors (Lipinski definition) is 3. The molecule has 1 heterocycles. The highest BCUT2D eigenvalue weighted by atomic mass is 16.3. The average Bonchev–Trinajstić information content (AvgIpc) is 2.30. The summed E-state index contributed by atoms with van der Waals surface area (Å²) < 4.78 is 0. The van der Waals surface area contributed by atoms with Crippen molar-refractivity contribution in [3.63, 3.8) is 0 Å². The molecule has 0 aromatic carbocycles. The van der Waals surface area contributed by atoms with Gasteiger partial charge >= 0.3 is 0 Å². The molecule has 2 rings (SSSR count). The predicted molar refractivity (Wildman–Crippen MR) is 66.2 cm³/mol. The summed E-state index contributed by atoms with van der Waals surface area (Å²) in [5.74, 6) is 0.702. The number of nitrogens with two attached hydrogens (primary N) is 1. The Bertz CT molecular complexity index is 208. The number of likely N-dealkylation sites (tertiary alicyclic amines) is 1. The maximum absolute atomic E-state index is 9.02. The lowest BCUT2D eigenvalue weighted by Gasteiger charge is -2.42. The molecule has 0 aromatic rings. The lowest BCUT2D eigenvalue weighted by atomic mass is 9.86. The van der Waals surface area contributed by atoms with Crippen LogP contribution in [0.5, 0.6) is 0 Å². The van der Waals surface area contributed by atoms with Gasteiger partial charge in [-0.15, -0.1) is 0 Å². The monoisotopic (exact) mass is 226 g/mol. The Hall–Kier alpha value is -0.120. The van der Waals surface area contributed by atoms with Gasteiger partial charge in [0.15, 0.2) is 0 Å². The van der Waals surface area contributed by atoms with E-state index >= 15 is 0 Å². The van der Waals surface area contributed by atoms with Gasteiger partial charge in [-0.2, -0.15) is 0 Å². The quantitative estimate of drug-likeness (QED) is 0.764. The first-order valence-electron chi connectivity index (χ1n) is 6.91. The van der Waals surface area contributed by atoms with Crippen molar-refractivity contribution in [2.24, 2.45) is 11.7 Å². The number of aliphatic hydroxyl groups excluding tert-OH is 1. The second kappa shape index (κ2) is 5.99. The summed E-state index contributed by atoms with van der Waals surface area (Å²) in [5, 5.41) is 9.02. The molecule has 3 nitrogen and oxygen atoms in total. The Morgan fingerprint density at radius 1 is 1.12 bits per heavy atom. The molecule has 1 aliphatic carbocycles. The number of rotatable bonds is 3. The first kappa shape index (κ1) is 12.3. The molecule has 2 aliphatic rings. The van der Waals surface area contributed by atoms with Crippen molar-refractivity contribution >= 4 is 0 Å². The van der Waals surface area contributed by atoms with Crippen molar-refractivity contribution < 1.29 is 5.11 Å². The largest absolute Gasteiger partial charge is 0.396 e. The van der Waals surface area contributed by atoms with E-state index in [1.165, 1.54) is 51.6 Å². The van der Waals surface area contributed by atoms with Crippen LogP contribution in [0.2, 0.25) is 0 Å². The third kappa shape index (κ3) is 2.96. The molecule has 3 N–H and O–H groups in total. The van der Waals surface area contributed by atoms with Crippen LogP contribution in [0.15, 0.2) is 0 Å². The number of hydrogen-bond donors (Lipinski definition) is 2. The summed E-state index contributed by atoms with van der Waals surface area (Å²) in [6.45, 7) is 2.73. The minimum absolute atomic E-state index is 0.342. The van der Waals surface area contributed by atoms with Crippen molar-refractivity contribution in [1.82, 2.24) is 4.90 Å². The van der Waals surface area contributed by atoms with Crippen LogP contribution in [0, 0.1) is 5.92 Å². The molecule has 0 spiro atoms. The van der Waals surface area contributed by atoms with Gasteiger partial charge in [0, 0.05) is 25.2 Å². The van der Waals surface area contributed by atoms with Crippen molar-refractivity contribution in [2.45, 2.75) is 57.0 Å². The summed E-state index contributed by atoms with van der Waals surface area (Å²) >= 11 is 0. The molecule has 2 fully saturated rings. The van der Waals surface area contributed by atoms with E-state index in [9.17, 15) is 0 Å². The van der Waals surface area contributed by atoms with E-state index in [0.29, 0.717) is 24.6 Å². The SMILES string of the molecule is NC1CCCCC1N1CCCC(CCO)C1. The van der Waals surface area contributed by atoms with Crippen LogP contribution < -0.4 is 5.73 Å². The number of nitrogens with zero attached hydrogens (tertiary/aromatic N) is 1. The highest BCUT2D eigenvalue weighted by Gasteiger charge is 2.30. The summed E-state index contributed by atoms with van der Waals surface area (Å²) in [4.78, 5) is 2.60. The van der Waals surface area contributed by atoms with Crippen LogP contribution in [0.4, 0.5) is 0 Å². The van der Waals surface area contributed by atoms with Gasteiger partial charge in [-0.1, -0.05) is 12.8 Å². The van der Waals surface area contributed by atoms with E-state index in [1.807, 2.05) is 0 Å². The minimum atomic E-state index is 0.342. The Kier molecular flexibility index (Phi) is 4.62. The zero-order valence-electron chi connectivity index (χ0n) is 10.3. The fourth-order valence-corrected chi connectivity index (χ4v) is 3.41. The topological polar surface area (TPSA) is 49.5 Å². The van der Waals surface area contributed by atoms with Crippen molar-refractivity contribution in [3.05, 3.63) is 0 Å². The molecule has 3 unspecified atom stereocenters. The maximum Gasteiger partial charge on any atom is 0.0434 e. The minimum Gasteiger partial charge on any atom is -0.396 e. The molecular weight excluding hydrogens is 200 g/mol. The van der Waals surface area contributed by atoms with Gasteiger partial charge in [0.2, 0.25) is 0 Å². The summed E-state index contributed by atoms with van der Waals surface area (Å²) in [6.07, 6.45) is 8.69. The van der Waals surface area contributed by atoms with Crippen LogP contribution in [0.1, 0.15) is 44.9 Å². The fourth-order valence-electron chi connectivity index (χ4n) is 3.41. The van der Waals surface area contributed by atoms with Crippen LogP contribution in [0.25, 0.3) is 0 Å². The van der Waals surface area contributed by atoms with Crippen LogP contribution in [-0.4, -0.2) is 41.8 Å². The van der Waals surface area contributed by atoms with Gasteiger partial charge < -0.3 is 10.8 Å². The van der Waals surface area contributed by atoms with Crippen LogP contribution in [0.3, 0.4) is 0 Å². The van der Waals surface area contributed by atoms with Crippen molar-refractivity contribution in [3.8, 4) is 0 Å². The van der Waals surface area contributed by atoms with E-state index in [0.717, 1.165) is 6.42 Å². The molecule has 1 saturated carbocycles. The average molecular weight is 226 g/mol. The number of aliphatic hydroxyl groups is 1. The molecule has 16 heavy (non-hydrogen) atoms. The molecule has 3 atom stereocenters. The van der Waals surface area contributed by atoms with Gasteiger partial charge in [-0.05, 0) is 44.6 Å². The molecule has 0 radical (unpaired) electrons. The van der Waals surface area contributed by atoms with Gasteiger partial charge in [0.25, 0.3) is 0 Å². The molecule has 1 aliphatic heterocycles. The summed E-state index contributed by atoms with van der Waals surface area (Å²) in [5.41, 5.74) is 6.24. The molecule has 0 aromatic heterocycles. The van der Waals surface area contributed by atoms with Gasteiger partial charge in [-0.3, -0.25) is 4.90 Å². The molecule has 3 heteroatoms. The van der Waals surface area contributed by atoms with Crippen LogP contribution >= 0.6 is 0 Å². The summed E-state index contributed by atoms with van der Waals surface area (Å²) in [6, 6.07) is 1.01. The zero-order chi connectivity index (χ0) is 11.4. The first-order valence-corrected chi connectivity index (χ1v) is 6.91. The first-order chi connectivity index (χ1) is 7.81. The Morgan fingerprint density at radius 2 is 1.94 bits per heavy atom. The van der Waals surface area contributed by atoms with Gasteiger partial charge in [0.05, 0.1) is 0 Å². The summed E-state index contributed by atoms with van der Waals surface area (Å²) in [7, 11) is 0. The van der Waals surface area contributed by atoms with E-state index in [2.05, 4.69) is 4.90 Å². The molecule has 0 amide bonds. The Morgan fingerprint density at radius 3 is 2.69 bits per heavy atom. The lowest BCUT2D eigenvalue weighted by Crippen LogP contribution is -2.52. The second-order valence-corrected chi connectivity index (χ2v) is 5.53. The van der Waals surface area contributed by atoms with Crippen molar-refractivity contribution in [1.29, 1.82) is 0 Å². The van der Waals surface area contributed by atoms with Crippen molar-refractivity contribution in [2.75, 3.05) is 19.7 Å². The zero-order valence-corrected chi connectivity index (χ0v) is 10.3. The molecule has 0 bridgehead atoms. The predicted octanol–water partition coefficient (Wildman–Crippen LogP) is 1.35. The Balaban J connectivity index is 1.87. The van der Waals surface area contributed by atoms with Crippen LogP contribution in [-0.2, 0) is 0 Å². The third-order valence-corrected chi connectivity index (χ3v) is 4.34. The smallest absolute Gasteiger partial charge is 0.0434 e. The highest BCUT2D eigenvalue weighted by Crippen LogP contribution is 2.27. The highest BCUT2D eigenvalue weighted by molar-refractivity contribution is 4.88. The normalized spacial score (nSPS) is 37.5. The standard InChI is InChI=1S/C13H26N2O/c14-12-5-1-2-6-13(12)15-8-3-4-11(10-15)7-9-16/h11-13,16H,1-10,14H2. The lowest BCUT2D eigenvalue weighted by molar-refractivity contribution is 0.0768. The van der Waals surface area contributed by atoms with E-state index in [-0.39, 0.29) is 0 Å². The molecule has 94 valence electrons. The van der Waals surface area contributed by atoms with E-state index in [1.54, 1.807) is 0 Å². The molecule has 1 saturated heterocycles. The fraction of sp³-hybridized carbons (Fsp3) is 1.00. The Labute approximate surface area is 99.0 Å². The van der Waals surface area contributed by atoms with Gasteiger partial charge in [0.1, 0.15) is 0 Å². The number of piperidine rings is 1. The maximum atomic E-state index is 9.02. The van der Waals surface area contributed by atoms with Gasteiger partial charge in [-0.25, -0.2) is 0 Å². The van der Waals surface area contributed by atoms with E-state index in [4.69, 9.17) is 10.8 Å². The second-order valence-electron chi connectivity index (χ2n) is 5.53. The molecular formula is C13H26N2O. The third-order valence-electron chi connectivity index (χ3n) is 4.34. The van der Waals surface area contributed by atoms with E-state index < -0.39 is 0 Å².